The second-order valence-corrected chi connectivity index (χ2v) is 4.37. The number of hydrogen-bond acceptors (Lipinski definition) is 1. The Kier molecular flexibility index (Phi) is 3.65. The van der Waals surface area contributed by atoms with Crippen molar-refractivity contribution in [3.63, 3.8) is 0 Å². The van der Waals surface area contributed by atoms with E-state index < -0.39 is 0 Å². The minimum Gasteiger partial charge on any atom is -0.358 e. The zero-order chi connectivity index (χ0) is 13.1. The maximum Gasteiger partial charge on any atom is 0.219 e. The van der Waals surface area contributed by atoms with Crippen molar-refractivity contribution in [3.05, 3.63) is 35.3 Å². The Bertz CT molecular complexity index is 574. The lowest BCUT2D eigenvalue weighted by Crippen LogP contribution is -2.24. The maximum atomic E-state index is 13.2. The third kappa shape index (κ3) is 2.53. The van der Waals surface area contributed by atoms with Gasteiger partial charge in [-0.15, -0.1) is 0 Å². The van der Waals surface area contributed by atoms with Gasteiger partial charge in [0.05, 0.1) is 0 Å². The number of fused-ring (bicyclic) bond motifs is 1. The number of benzene rings is 1. The highest BCUT2D eigenvalue weighted by Crippen LogP contribution is 2.23. The van der Waals surface area contributed by atoms with Crippen LogP contribution in [0.1, 0.15) is 24.6 Å². The summed E-state index contributed by atoms with van der Waals surface area (Å²) >= 11 is 0. The van der Waals surface area contributed by atoms with Gasteiger partial charge < -0.3 is 10.3 Å². The molecule has 1 amide bonds. The molecule has 0 aliphatic carbocycles. The average molecular weight is 248 g/mol. The number of halogens is 1. The van der Waals surface area contributed by atoms with Crippen molar-refractivity contribution in [1.82, 2.24) is 10.3 Å². The van der Waals surface area contributed by atoms with Gasteiger partial charge in [0.1, 0.15) is 5.82 Å². The van der Waals surface area contributed by atoms with Crippen LogP contribution in [-0.4, -0.2) is 17.4 Å². The summed E-state index contributed by atoms with van der Waals surface area (Å²) in [6.07, 6.45) is 1.20. The van der Waals surface area contributed by atoms with E-state index in [-0.39, 0.29) is 11.7 Å². The van der Waals surface area contributed by atoms with Crippen molar-refractivity contribution >= 4 is 16.8 Å². The van der Waals surface area contributed by atoms with Crippen LogP contribution in [0, 0.1) is 12.7 Å². The average Bonchev–Trinajstić information content (AvgIpc) is 2.65. The lowest BCUT2D eigenvalue weighted by molar-refractivity contribution is -0.120. The molecule has 2 rings (SSSR count). The van der Waals surface area contributed by atoms with Crippen molar-refractivity contribution in [3.8, 4) is 0 Å². The minimum absolute atomic E-state index is 0.0404. The van der Waals surface area contributed by atoms with E-state index in [9.17, 15) is 9.18 Å². The number of aryl methyl sites for hydroxylation is 1. The lowest BCUT2D eigenvalue weighted by Gasteiger charge is -2.04. The highest BCUT2D eigenvalue weighted by atomic mass is 19.1. The molecule has 96 valence electrons. The normalized spacial score (nSPS) is 10.8. The molecule has 1 heterocycles. The molecule has 0 saturated carbocycles. The smallest absolute Gasteiger partial charge is 0.219 e. The van der Waals surface area contributed by atoms with Crippen molar-refractivity contribution in [2.45, 2.75) is 26.7 Å². The molecule has 0 atom stereocenters. The van der Waals surface area contributed by atoms with Crippen molar-refractivity contribution < 1.29 is 9.18 Å². The molecule has 0 spiro atoms. The Morgan fingerprint density at radius 2 is 2.22 bits per heavy atom. The predicted molar refractivity (Wildman–Crippen MR) is 70.0 cm³/mol. The van der Waals surface area contributed by atoms with E-state index in [1.54, 1.807) is 6.07 Å². The van der Waals surface area contributed by atoms with E-state index in [1.807, 2.05) is 13.8 Å². The molecule has 18 heavy (non-hydrogen) atoms. The molecule has 0 unspecified atom stereocenters. The lowest BCUT2D eigenvalue weighted by atomic mass is 10.1. The topological polar surface area (TPSA) is 44.9 Å². The van der Waals surface area contributed by atoms with E-state index in [4.69, 9.17) is 0 Å². The molecule has 2 aromatic rings. The zero-order valence-corrected chi connectivity index (χ0v) is 10.6. The van der Waals surface area contributed by atoms with Crippen LogP contribution in [-0.2, 0) is 11.2 Å². The van der Waals surface area contributed by atoms with Gasteiger partial charge in [0.15, 0.2) is 0 Å². The first-order chi connectivity index (χ1) is 8.61. The molecule has 0 fully saturated rings. The molecular weight excluding hydrogens is 231 g/mol. The fourth-order valence-corrected chi connectivity index (χ4v) is 2.13. The predicted octanol–water partition coefficient (Wildman–Crippen LogP) is 2.68. The summed E-state index contributed by atoms with van der Waals surface area (Å²) in [4.78, 5) is 14.4. The van der Waals surface area contributed by atoms with Crippen LogP contribution >= 0.6 is 0 Å². The number of carbonyl (C=O) groups is 1. The van der Waals surface area contributed by atoms with Gasteiger partial charge in [-0.05, 0) is 37.1 Å². The Labute approximate surface area is 105 Å². The highest BCUT2D eigenvalue weighted by Gasteiger charge is 2.09. The molecule has 0 bridgehead atoms. The minimum atomic E-state index is -0.236. The van der Waals surface area contributed by atoms with Gasteiger partial charge in [-0.1, -0.05) is 6.92 Å². The van der Waals surface area contributed by atoms with Crippen LogP contribution < -0.4 is 5.32 Å². The molecule has 3 nitrogen and oxygen atoms in total. The van der Waals surface area contributed by atoms with Gasteiger partial charge in [-0.3, -0.25) is 4.79 Å². The van der Waals surface area contributed by atoms with Crippen LogP contribution in [0.2, 0.25) is 0 Å². The second-order valence-electron chi connectivity index (χ2n) is 4.37. The van der Waals surface area contributed by atoms with Crippen LogP contribution in [0.5, 0.6) is 0 Å². The monoisotopic (exact) mass is 248 g/mol. The SMILES string of the molecule is CCC(=O)NCCc1c(C)[nH]c2ccc(F)cc12. The van der Waals surface area contributed by atoms with Crippen molar-refractivity contribution in [2.75, 3.05) is 6.54 Å². The second kappa shape index (κ2) is 5.21. The number of carbonyl (C=O) groups excluding carboxylic acids is 1. The zero-order valence-electron chi connectivity index (χ0n) is 10.6. The van der Waals surface area contributed by atoms with Crippen LogP contribution in [0.4, 0.5) is 4.39 Å². The van der Waals surface area contributed by atoms with E-state index in [0.29, 0.717) is 19.4 Å². The van der Waals surface area contributed by atoms with Crippen molar-refractivity contribution in [2.24, 2.45) is 0 Å². The summed E-state index contributed by atoms with van der Waals surface area (Å²) in [5.41, 5.74) is 3.04. The fraction of sp³-hybridized carbons (Fsp3) is 0.357. The van der Waals surface area contributed by atoms with Crippen LogP contribution in [0.3, 0.4) is 0 Å². The van der Waals surface area contributed by atoms with Crippen molar-refractivity contribution in [1.29, 1.82) is 0 Å². The molecule has 0 saturated heterocycles. The van der Waals surface area contributed by atoms with E-state index >= 15 is 0 Å². The molecule has 0 aliphatic heterocycles. The standard InChI is InChI=1S/C14H17FN2O/c1-3-14(18)16-7-6-11-9(2)17-13-5-4-10(15)8-12(11)13/h4-5,8,17H,3,6-7H2,1-2H3,(H,16,18). The Morgan fingerprint density at radius 1 is 1.44 bits per heavy atom. The largest absolute Gasteiger partial charge is 0.358 e. The number of nitrogens with one attached hydrogen (secondary N) is 2. The Hall–Kier alpha value is -1.84. The first kappa shape index (κ1) is 12.6. The third-order valence-corrected chi connectivity index (χ3v) is 3.10. The molecular formula is C14H17FN2O. The molecule has 1 aromatic carbocycles. The highest BCUT2D eigenvalue weighted by molar-refractivity contribution is 5.84. The summed E-state index contributed by atoms with van der Waals surface area (Å²) in [5.74, 6) is -0.195. The van der Waals surface area contributed by atoms with Gasteiger partial charge in [0, 0.05) is 29.6 Å². The maximum absolute atomic E-state index is 13.2. The third-order valence-electron chi connectivity index (χ3n) is 3.10. The van der Waals surface area contributed by atoms with E-state index in [1.165, 1.54) is 12.1 Å². The summed E-state index contributed by atoms with van der Waals surface area (Å²) in [7, 11) is 0. The quantitative estimate of drug-likeness (QED) is 0.858. The summed E-state index contributed by atoms with van der Waals surface area (Å²) in [6.45, 7) is 4.37. The van der Waals surface area contributed by atoms with Crippen LogP contribution in [0.25, 0.3) is 10.9 Å². The molecule has 0 aliphatic rings. The Balaban J connectivity index is 2.19. The summed E-state index contributed by atoms with van der Waals surface area (Å²) in [6, 6.07) is 4.72. The first-order valence-electron chi connectivity index (χ1n) is 6.15. The van der Waals surface area contributed by atoms with Gasteiger partial charge in [-0.2, -0.15) is 0 Å². The first-order valence-corrected chi connectivity index (χ1v) is 6.15. The van der Waals surface area contributed by atoms with Crippen LogP contribution in [0.15, 0.2) is 18.2 Å². The molecule has 1 aromatic heterocycles. The number of amides is 1. The molecule has 4 heteroatoms. The van der Waals surface area contributed by atoms with Gasteiger partial charge in [0.25, 0.3) is 0 Å². The molecule has 2 N–H and O–H groups in total. The molecule has 0 radical (unpaired) electrons. The fourth-order valence-electron chi connectivity index (χ4n) is 2.13. The number of aromatic nitrogens is 1. The number of rotatable bonds is 4. The number of aromatic amines is 1. The van der Waals surface area contributed by atoms with Gasteiger partial charge in [0.2, 0.25) is 5.91 Å². The summed E-state index contributed by atoms with van der Waals surface area (Å²) in [5, 5.41) is 3.73. The van der Waals surface area contributed by atoms with E-state index in [2.05, 4.69) is 10.3 Å². The summed E-state index contributed by atoms with van der Waals surface area (Å²) < 4.78 is 13.2. The number of hydrogen-bond donors (Lipinski definition) is 2. The number of H-pyrrole nitrogens is 1. The Morgan fingerprint density at radius 3 is 2.94 bits per heavy atom. The van der Waals surface area contributed by atoms with Gasteiger partial charge in [-0.25, -0.2) is 4.39 Å². The van der Waals surface area contributed by atoms with Gasteiger partial charge >= 0.3 is 0 Å². The van der Waals surface area contributed by atoms with E-state index in [0.717, 1.165) is 22.2 Å².